The molecule has 1 saturated heterocycles. The quantitative estimate of drug-likeness (QED) is 0.611. The van der Waals surface area contributed by atoms with Gasteiger partial charge in [0.05, 0.1) is 0 Å². The van der Waals surface area contributed by atoms with Crippen molar-refractivity contribution in [1.29, 1.82) is 0 Å². The van der Waals surface area contributed by atoms with Gasteiger partial charge < -0.3 is 0 Å². The lowest BCUT2D eigenvalue weighted by molar-refractivity contribution is 0.0998. The van der Waals surface area contributed by atoms with Gasteiger partial charge in [-0.3, -0.25) is 4.90 Å². The highest BCUT2D eigenvalue weighted by Crippen LogP contribution is 2.44. The van der Waals surface area contributed by atoms with Gasteiger partial charge in [0.15, 0.2) is 0 Å². The van der Waals surface area contributed by atoms with Crippen molar-refractivity contribution < 1.29 is 0 Å². The van der Waals surface area contributed by atoms with Crippen molar-refractivity contribution in [1.82, 2.24) is 4.90 Å². The summed E-state index contributed by atoms with van der Waals surface area (Å²) in [5, 5.41) is 0. The van der Waals surface area contributed by atoms with Crippen LogP contribution < -0.4 is 0 Å². The van der Waals surface area contributed by atoms with Crippen molar-refractivity contribution in [3.05, 3.63) is 0 Å². The second-order valence-corrected chi connectivity index (χ2v) is 4.74. The molecule has 1 saturated carbocycles. The van der Waals surface area contributed by atoms with Crippen molar-refractivity contribution in [2.45, 2.75) is 64.6 Å². The summed E-state index contributed by atoms with van der Waals surface area (Å²) in [6.07, 6.45) is 5.84. The molecule has 12 heavy (non-hydrogen) atoms. The van der Waals surface area contributed by atoms with Gasteiger partial charge >= 0.3 is 0 Å². The van der Waals surface area contributed by atoms with E-state index in [4.69, 9.17) is 0 Å². The van der Waals surface area contributed by atoms with E-state index in [9.17, 15) is 0 Å². The van der Waals surface area contributed by atoms with Crippen molar-refractivity contribution in [3.63, 3.8) is 0 Å². The van der Waals surface area contributed by atoms with Gasteiger partial charge in [-0.15, -0.1) is 0 Å². The molecule has 2 fully saturated rings. The predicted molar refractivity (Wildman–Crippen MR) is 52.2 cm³/mol. The average Bonchev–Trinajstić information content (AvgIpc) is 2.60. The molecular formula is C11H21N. The van der Waals surface area contributed by atoms with E-state index in [1.54, 1.807) is 0 Å². The third kappa shape index (κ3) is 1.10. The van der Waals surface area contributed by atoms with Crippen LogP contribution in [0, 0.1) is 5.92 Å². The number of hydrogen-bond donors (Lipinski definition) is 0. The third-order valence-corrected chi connectivity index (χ3v) is 3.81. The van der Waals surface area contributed by atoms with Crippen molar-refractivity contribution in [3.8, 4) is 0 Å². The van der Waals surface area contributed by atoms with Crippen molar-refractivity contribution in [2.75, 3.05) is 0 Å². The summed E-state index contributed by atoms with van der Waals surface area (Å²) < 4.78 is 0. The fourth-order valence-electron chi connectivity index (χ4n) is 3.47. The van der Waals surface area contributed by atoms with E-state index in [1.807, 2.05) is 0 Å². The van der Waals surface area contributed by atoms with Gasteiger partial charge in [0.1, 0.15) is 0 Å². The van der Waals surface area contributed by atoms with E-state index < -0.39 is 0 Å². The molecule has 0 radical (unpaired) electrons. The average molecular weight is 167 g/mol. The molecule has 70 valence electrons. The lowest BCUT2D eigenvalue weighted by Crippen LogP contribution is -2.44. The minimum absolute atomic E-state index is 0.769. The Labute approximate surface area is 76.1 Å². The number of fused-ring (bicyclic) bond motifs is 2. The van der Waals surface area contributed by atoms with Crippen molar-refractivity contribution >= 4 is 0 Å². The monoisotopic (exact) mass is 167 g/mol. The summed E-state index contributed by atoms with van der Waals surface area (Å²) in [5.74, 6) is 1.04. The van der Waals surface area contributed by atoms with Crippen LogP contribution in [-0.4, -0.2) is 23.0 Å². The van der Waals surface area contributed by atoms with Gasteiger partial charge in [0.25, 0.3) is 0 Å². The second-order valence-electron chi connectivity index (χ2n) is 4.74. The highest BCUT2D eigenvalue weighted by Gasteiger charge is 2.45. The number of nitrogens with zero attached hydrogens (tertiary/aromatic N) is 1. The molecule has 0 aromatic carbocycles. The van der Waals surface area contributed by atoms with Gasteiger partial charge in [0.2, 0.25) is 0 Å². The van der Waals surface area contributed by atoms with Crippen LogP contribution in [0.1, 0.15) is 46.5 Å². The zero-order valence-corrected chi connectivity index (χ0v) is 8.59. The van der Waals surface area contributed by atoms with Gasteiger partial charge in [-0.05, 0) is 45.4 Å². The Bertz CT molecular complexity index is 164. The molecule has 1 heterocycles. The third-order valence-electron chi connectivity index (χ3n) is 3.81. The Morgan fingerprint density at radius 2 is 2.08 bits per heavy atom. The van der Waals surface area contributed by atoms with Crippen LogP contribution in [0.25, 0.3) is 0 Å². The lowest BCUT2D eigenvalue weighted by atomic mass is 9.96. The Kier molecular flexibility index (Phi) is 2.16. The largest absolute Gasteiger partial charge is 0.295 e. The molecule has 0 aromatic heterocycles. The maximum Gasteiger partial charge on any atom is 0.0127 e. The summed E-state index contributed by atoms with van der Waals surface area (Å²) >= 11 is 0. The number of piperidine rings is 1. The summed E-state index contributed by atoms with van der Waals surface area (Å²) in [4.78, 5) is 2.77. The van der Waals surface area contributed by atoms with Crippen LogP contribution in [-0.2, 0) is 0 Å². The van der Waals surface area contributed by atoms with Crippen LogP contribution in [0.15, 0.2) is 0 Å². The highest BCUT2D eigenvalue weighted by molar-refractivity contribution is 4.99. The minimum atomic E-state index is 0.769. The Hall–Kier alpha value is -0.0400. The first kappa shape index (κ1) is 8.55. The Balaban J connectivity index is 2.11. The summed E-state index contributed by atoms with van der Waals surface area (Å²) in [6, 6.07) is 2.63. The van der Waals surface area contributed by atoms with E-state index in [0.717, 1.165) is 24.0 Å². The van der Waals surface area contributed by atoms with E-state index in [1.165, 1.54) is 25.7 Å². The van der Waals surface area contributed by atoms with E-state index in [0.29, 0.717) is 0 Å². The zero-order valence-electron chi connectivity index (χ0n) is 8.59. The molecule has 3 unspecified atom stereocenters. The number of hydrogen-bond acceptors (Lipinski definition) is 1. The highest BCUT2D eigenvalue weighted by atomic mass is 15.2. The van der Waals surface area contributed by atoms with Crippen molar-refractivity contribution in [2.24, 2.45) is 5.92 Å². The second kappa shape index (κ2) is 3.02. The van der Waals surface area contributed by atoms with Gasteiger partial charge in [-0.1, -0.05) is 6.92 Å². The minimum Gasteiger partial charge on any atom is -0.295 e. The molecule has 0 aromatic rings. The van der Waals surface area contributed by atoms with Crippen LogP contribution in [0.2, 0.25) is 0 Å². The maximum atomic E-state index is 2.77. The molecule has 0 N–H and O–H groups in total. The molecule has 2 aliphatic rings. The lowest BCUT2D eigenvalue weighted by Gasteiger charge is -2.37. The Morgan fingerprint density at radius 3 is 2.58 bits per heavy atom. The normalized spacial score (nSPS) is 41.5. The molecule has 1 aliphatic heterocycles. The van der Waals surface area contributed by atoms with E-state index in [-0.39, 0.29) is 0 Å². The van der Waals surface area contributed by atoms with Gasteiger partial charge in [-0.25, -0.2) is 0 Å². The van der Waals surface area contributed by atoms with Crippen LogP contribution >= 0.6 is 0 Å². The first-order valence-corrected chi connectivity index (χ1v) is 5.51. The summed E-state index contributed by atoms with van der Waals surface area (Å²) in [7, 11) is 0. The zero-order chi connectivity index (χ0) is 8.72. The smallest absolute Gasteiger partial charge is 0.0127 e. The molecular weight excluding hydrogens is 146 g/mol. The Morgan fingerprint density at radius 1 is 1.33 bits per heavy atom. The molecule has 2 rings (SSSR count). The summed E-state index contributed by atoms with van der Waals surface area (Å²) in [5.41, 5.74) is 0. The predicted octanol–water partition coefficient (Wildman–Crippen LogP) is 2.66. The molecule has 3 atom stereocenters. The standard InChI is InChI=1S/C11H21N/c1-4-11-9-5-6-10(7-9)12(11)8(2)3/h8-11H,4-7H2,1-3H3. The fourth-order valence-corrected chi connectivity index (χ4v) is 3.47. The fraction of sp³-hybridized carbons (Fsp3) is 1.00. The maximum absolute atomic E-state index is 2.77. The first-order valence-electron chi connectivity index (χ1n) is 5.51. The topological polar surface area (TPSA) is 3.24 Å². The first-order chi connectivity index (χ1) is 5.74. The van der Waals surface area contributed by atoms with Crippen LogP contribution in [0.3, 0.4) is 0 Å². The van der Waals surface area contributed by atoms with E-state index in [2.05, 4.69) is 25.7 Å². The van der Waals surface area contributed by atoms with Crippen LogP contribution in [0.4, 0.5) is 0 Å². The molecule has 1 heteroatoms. The molecule has 2 bridgehead atoms. The summed E-state index contributed by atoms with van der Waals surface area (Å²) in [6.45, 7) is 7.05. The van der Waals surface area contributed by atoms with Gasteiger partial charge in [0, 0.05) is 18.1 Å². The van der Waals surface area contributed by atoms with Gasteiger partial charge in [-0.2, -0.15) is 0 Å². The molecule has 0 spiro atoms. The van der Waals surface area contributed by atoms with Crippen LogP contribution in [0.5, 0.6) is 0 Å². The molecule has 1 aliphatic carbocycles. The van der Waals surface area contributed by atoms with E-state index >= 15 is 0 Å². The number of likely N-dealkylation sites (tertiary alicyclic amines) is 1. The number of rotatable bonds is 2. The molecule has 1 nitrogen and oxygen atoms in total. The molecule has 0 amide bonds. The SMILES string of the molecule is CCC1C2CCC(C2)N1C(C)C.